The highest BCUT2D eigenvalue weighted by molar-refractivity contribution is 7.91. The number of anilines is 2. The number of aryl methyl sites for hydroxylation is 2. The average Bonchev–Trinajstić information content (AvgIpc) is 2.92. The number of hydrogen-bond donors (Lipinski definition) is 2. The molecule has 4 N–H and O–H groups in total. The van der Waals surface area contributed by atoms with Crippen LogP contribution in [0, 0.1) is 0 Å². The van der Waals surface area contributed by atoms with Gasteiger partial charge < -0.3 is 20.9 Å². The van der Waals surface area contributed by atoms with E-state index in [1.54, 1.807) is 60.7 Å². The van der Waals surface area contributed by atoms with Gasteiger partial charge >= 0.3 is 0 Å². The molecule has 4 rings (SSSR count). The molecule has 4 aromatic rings. The van der Waals surface area contributed by atoms with Crippen molar-refractivity contribution < 1.29 is 17.9 Å². The van der Waals surface area contributed by atoms with Gasteiger partial charge in [-0.3, -0.25) is 0 Å². The molecule has 0 aliphatic heterocycles. The Bertz CT molecular complexity index is 1420. The maximum absolute atomic E-state index is 13.8. The Balaban J connectivity index is 1.68. The second-order valence-electron chi connectivity index (χ2n) is 9.60. The molecule has 0 fully saturated rings. The summed E-state index contributed by atoms with van der Waals surface area (Å²) in [6, 6.07) is 24.5. The van der Waals surface area contributed by atoms with Crippen LogP contribution in [0.1, 0.15) is 50.7 Å². The smallest absolute Gasteiger partial charge is 0.206 e. The van der Waals surface area contributed by atoms with Crippen LogP contribution in [0.25, 0.3) is 0 Å². The Morgan fingerprint density at radius 2 is 1.05 bits per heavy atom. The van der Waals surface area contributed by atoms with Crippen molar-refractivity contribution in [2.24, 2.45) is 0 Å². The van der Waals surface area contributed by atoms with Crippen LogP contribution in [0.15, 0.2) is 94.7 Å². The second kappa shape index (κ2) is 12.7. The van der Waals surface area contributed by atoms with E-state index in [1.807, 2.05) is 24.3 Å². The van der Waals surface area contributed by atoms with Gasteiger partial charge in [0.1, 0.15) is 23.0 Å². The fourth-order valence-electron chi connectivity index (χ4n) is 4.32. The van der Waals surface area contributed by atoms with Crippen LogP contribution in [-0.2, 0) is 22.7 Å². The lowest BCUT2D eigenvalue weighted by Gasteiger charge is -2.15. The fraction of sp³-hybridized carbons (Fsp3) is 0.250. The first-order valence-corrected chi connectivity index (χ1v) is 14.9. The normalized spacial score (nSPS) is 11.3. The van der Waals surface area contributed by atoms with Crippen LogP contribution in [0.2, 0.25) is 0 Å². The quantitative estimate of drug-likeness (QED) is 0.175. The molecule has 0 bridgehead atoms. The number of nitrogens with two attached hydrogens (primary N) is 2. The molecule has 0 unspecified atom stereocenters. The predicted molar refractivity (Wildman–Crippen MR) is 157 cm³/mol. The van der Waals surface area contributed by atoms with Crippen LogP contribution < -0.4 is 20.9 Å². The van der Waals surface area contributed by atoms with Crippen LogP contribution in [0.4, 0.5) is 11.4 Å². The third-order valence-corrected chi connectivity index (χ3v) is 8.20. The maximum Gasteiger partial charge on any atom is 0.206 e. The molecule has 0 heterocycles. The Morgan fingerprint density at radius 1 is 0.615 bits per heavy atom. The van der Waals surface area contributed by atoms with Gasteiger partial charge in [-0.05, 0) is 97.5 Å². The lowest BCUT2D eigenvalue weighted by Crippen LogP contribution is -2.05. The van der Waals surface area contributed by atoms with Crippen molar-refractivity contribution in [3.63, 3.8) is 0 Å². The van der Waals surface area contributed by atoms with Gasteiger partial charge in [0.15, 0.2) is 0 Å². The number of sulfone groups is 1. The Hall–Kier alpha value is -3.97. The lowest BCUT2D eigenvalue weighted by atomic mass is 10.1. The number of rotatable bonds is 12. The zero-order valence-corrected chi connectivity index (χ0v) is 23.3. The van der Waals surface area contributed by atoms with E-state index in [2.05, 4.69) is 13.8 Å². The zero-order valence-electron chi connectivity index (χ0n) is 22.5. The summed E-state index contributed by atoms with van der Waals surface area (Å²) in [5.41, 5.74) is 14.7. The van der Waals surface area contributed by atoms with E-state index in [0.717, 1.165) is 36.8 Å². The minimum absolute atomic E-state index is 0.236. The van der Waals surface area contributed by atoms with E-state index < -0.39 is 9.84 Å². The Morgan fingerprint density at radius 3 is 1.44 bits per heavy atom. The standard InChI is InChI=1S/C32H36N2O4S/c1-3-5-9-23-19-29(15-17-31(23)37-27-13-7-11-25(33)21-27)39(35,36)30-16-18-32(24(20-30)10-6-4-2)38-28-14-8-12-26(34)22-28/h7-8,11-22H,3-6,9-10,33-34H2,1-2H3. The molecule has 204 valence electrons. The molecule has 0 atom stereocenters. The van der Waals surface area contributed by atoms with Crippen molar-refractivity contribution >= 4 is 21.2 Å². The molecule has 7 heteroatoms. The van der Waals surface area contributed by atoms with E-state index in [-0.39, 0.29) is 9.79 Å². The maximum atomic E-state index is 13.8. The summed E-state index contributed by atoms with van der Waals surface area (Å²) in [6.07, 6.45) is 5.18. The highest BCUT2D eigenvalue weighted by Crippen LogP contribution is 2.34. The largest absolute Gasteiger partial charge is 0.457 e. The first kappa shape index (κ1) is 28.0. The number of hydrogen-bond acceptors (Lipinski definition) is 6. The Labute approximate surface area is 231 Å². The molecule has 0 saturated heterocycles. The average molecular weight is 545 g/mol. The summed E-state index contributed by atoms with van der Waals surface area (Å²) in [5, 5.41) is 0. The topological polar surface area (TPSA) is 105 Å². The summed E-state index contributed by atoms with van der Waals surface area (Å²) >= 11 is 0. The van der Waals surface area contributed by atoms with E-state index >= 15 is 0 Å². The molecule has 0 spiro atoms. The molecular weight excluding hydrogens is 508 g/mol. The highest BCUT2D eigenvalue weighted by Gasteiger charge is 2.22. The summed E-state index contributed by atoms with van der Waals surface area (Å²) in [6.45, 7) is 4.20. The third kappa shape index (κ3) is 7.12. The highest BCUT2D eigenvalue weighted by atomic mass is 32.2. The van der Waals surface area contributed by atoms with Gasteiger partial charge in [0.05, 0.1) is 9.79 Å². The van der Waals surface area contributed by atoms with Gasteiger partial charge in [-0.2, -0.15) is 0 Å². The first-order valence-electron chi connectivity index (χ1n) is 13.4. The molecule has 0 saturated carbocycles. The van der Waals surface area contributed by atoms with Gasteiger partial charge in [-0.25, -0.2) is 8.42 Å². The van der Waals surface area contributed by atoms with E-state index in [4.69, 9.17) is 20.9 Å². The Kier molecular flexibility index (Phi) is 9.15. The van der Waals surface area contributed by atoms with Crippen LogP contribution >= 0.6 is 0 Å². The van der Waals surface area contributed by atoms with E-state index in [0.29, 0.717) is 47.2 Å². The van der Waals surface area contributed by atoms with Gasteiger partial charge in [0.2, 0.25) is 9.84 Å². The SMILES string of the molecule is CCCCc1cc(S(=O)(=O)c2ccc(Oc3cccc(N)c3)c(CCCC)c2)ccc1Oc1cccc(N)c1. The number of nitrogen functional groups attached to an aromatic ring is 2. The first-order chi connectivity index (χ1) is 18.8. The molecule has 4 aromatic carbocycles. The molecule has 6 nitrogen and oxygen atoms in total. The third-order valence-electron chi connectivity index (χ3n) is 6.46. The van der Waals surface area contributed by atoms with Crippen molar-refractivity contribution in [2.75, 3.05) is 11.5 Å². The van der Waals surface area contributed by atoms with Crippen LogP contribution in [0.5, 0.6) is 23.0 Å². The summed E-state index contributed by atoms with van der Waals surface area (Å²) < 4.78 is 39.8. The minimum Gasteiger partial charge on any atom is -0.457 e. The molecule has 0 aromatic heterocycles. The molecule has 0 aliphatic carbocycles. The lowest BCUT2D eigenvalue weighted by molar-refractivity contribution is 0.474. The van der Waals surface area contributed by atoms with Crippen molar-refractivity contribution in [1.29, 1.82) is 0 Å². The molecular formula is C32H36N2O4S. The number of benzene rings is 4. The van der Waals surface area contributed by atoms with Crippen LogP contribution in [0.3, 0.4) is 0 Å². The number of unbranched alkanes of at least 4 members (excludes halogenated alkanes) is 2. The fourth-order valence-corrected chi connectivity index (χ4v) is 5.68. The van der Waals surface area contributed by atoms with Crippen molar-refractivity contribution in [3.8, 4) is 23.0 Å². The second-order valence-corrected chi connectivity index (χ2v) is 11.5. The van der Waals surface area contributed by atoms with E-state index in [1.165, 1.54) is 0 Å². The zero-order chi connectivity index (χ0) is 27.8. The van der Waals surface area contributed by atoms with Gasteiger partial charge in [0, 0.05) is 23.5 Å². The summed E-state index contributed by atoms with van der Waals surface area (Å²) in [5.74, 6) is 2.48. The van der Waals surface area contributed by atoms with Crippen molar-refractivity contribution in [2.45, 2.75) is 62.2 Å². The summed E-state index contributed by atoms with van der Waals surface area (Å²) in [7, 11) is -3.78. The van der Waals surface area contributed by atoms with Gasteiger partial charge in [0.25, 0.3) is 0 Å². The molecule has 39 heavy (non-hydrogen) atoms. The van der Waals surface area contributed by atoms with E-state index in [9.17, 15) is 8.42 Å². The summed E-state index contributed by atoms with van der Waals surface area (Å²) in [4.78, 5) is 0.471. The van der Waals surface area contributed by atoms with Crippen LogP contribution in [-0.4, -0.2) is 8.42 Å². The van der Waals surface area contributed by atoms with Crippen molar-refractivity contribution in [3.05, 3.63) is 96.1 Å². The predicted octanol–water partition coefficient (Wildman–Crippen LogP) is 7.95. The number of ether oxygens (including phenoxy) is 2. The van der Waals surface area contributed by atoms with Crippen molar-refractivity contribution in [1.82, 2.24) is 0 Å². The molecule has 0 radical (unpaired) electrons. The molecule has 0 amide bonds. The minimum atomic E-state index is -3.78. The van der Waals surface area contributed by atoms with Gasteiger partial charge in [-0.1, -0.05) is 38.8 Å². The van der Waals surface area contributed by atoms with Gasteiger partial charge in [-0.15, -0.1) is 0 Å². The monoisotopic (exact) mass is 544 g/mol. The molecule has 0 aliphatic rings.